The first-order chi connectivity index (χ1) is 8.54. The molecule has 0 bridgehead atoms. The number of aliphatic carboxylic acids is 1. The molecule has 6 heteroatoms. The standard InChI is InChI=1S/C12H18N2O3S/c1-3-4-5-9(2)14-7-6-10(15)13-12(14)18-8-11(16)17/h6-7,9H,3-5,8H2,1-2H3,(H,16,17). The van der Waals surface area contributed by atoms with Gasteiger partial charge in [-0.25, -0.2) is 0 Å². The van der Waals surface area contributed by atoms with Gasteiger partial charge in [0.25, 0.3) is 5.56 Å². The maximum absolute atomic E-state index is 11.2. The van der Waals surface area contributed by atoms with Crippen LogP contribution in [0.4, 0.5) is 0 Å². The highest BCUT2D eigenvalue weighted by Gasteiger charge is 2.11. The molecule has 0 saturated heterocycles. The van der Waals surface area contributed by atoms with E-state index >= 15 is 0 Å². The third-order valence-corrected chi connectivity index (χ3v) is 3.53. The second-order valence-electron chi connectivity index (χ2n) is 4.13. The lowest BCUT2D eigenvalue weighted by Crippen LogP contribution is -2.17. The fraction of sp³-hybridized carbons (Fsp3) is 0.583. The molecule has 0 aliphatic carbocycles. The predicted octanol–water partition coefficient (Wildman–Crippen LogP) is 2.17. The Kier molecular flexibility index (Phi) is 5.91. The van der Waals surface area contributed by atoms with Crippen molar-refractivity contribution in [3.63, 3.8) is 0 Å². The van der Waals surface area contributed by atoms with Gasteiger partial charge >= 0.3 is 5.97 Å². The maximum Gasteiger partial charge on any atom is 0.313 e. The minimum absolute atomic E-state index is 0.0864. The fourth-order valence-corrected chi connectivity index (χ4v) is 2.40. The number of carbonyl (C=O) groups is 1. The van der Waals surface area contributed by atoms with E-state index in [1.165, 1.54) is 6.07 Å². The van der Waals surface area contributed by atoms with Crippen LogP contribution in [0, 0.1) is 0 Å². The molecule has 0 amide bonds. The summed E-state index contributed by atoms with van der Waals surface area (Å²) in [5, 5.41) is 9.16. The molecular weight excluding hydrogens is 252 g/mol. The Morgan fingerprint density at radius 2 is 2.33 bits per heavy atom. The quantitative estimate of drug-likeness (QED) is 0.607. The molecule has 0 aromatic carbocycles. The monoisotopic (exact) mass is 270 g/mol. The van der Waals surface area contributed by atoms with E-state index in [2.05, 4.69) is 11.9 Å². The second kappa shape index (κ2) is 7.20. The molecule has 1 aromatic heterocycles. The van der Waals surface area contributed by atoms with Crippen molar-refractivity contribution in [2.75, 3.05) is 5.75 Å². The van der Waals surface area contributed by atoms with Crippen molar-refractivity contribution < 1.29 is 9.90 Å². The topological polar surface area (TPSA) is 72.2 Å². The summed E-state index contributed by atoms with van der Waals surface area (Å²) in [5.74, 6) is -0.998. The third kappa shape index (κ3) is 4.52. The number of carboxylic acids is 1. The molecule has 1 heterocycles. The van der Waals surface area contributed by atoms with Crippen LogP contribution in [-0.2, 0) is 4.79 Å². The van der Waals surface area contributed by atoms with Crippen LogP contribution in [0.3, 0.4) is 0 Å². The second-order valence-corrected chi connectivity index (χ2v) is 5.07. The van der Waals surface area contributed by atoms with Crippen LogP contribution < -0.4 is 5.56 Å². The lowest BCUT2D eigenvalue weighted by Gasteiger charge is -2.18. The number of hydrogen-bond acceptors (Lipinski definition) is 4. The minimum atomic E-state index is -0.911. The van der Waals surface area contributed by atoms with E-state index < -0.39 is 5.97 Å². The minimum Gasteiger partial charge on any atom is -0.481 e. The van der Waals surface area contributed by atoms with E-state index in [9.17, 15) is 9.59 Å². The highest BCUT2D eigenvalue weighted by molar-refractivity contribution is 7.99. The van der Waals surface area contributed by atoms with E-state index in [0.717, 1.165) is 31.0 Å². The van der Waals surface area contributed by atoms with Crippen LogP contribution in [0.25, 0.3) is 0 Å². The molecule has 5 nitrogen and oxygen atoms in total. The van der Waals surface area contributed by atoms with Crippen molar-refractivity contribution >= 4 is 17.7 Å². The van der Waals surface area contributed by atoms with Gasteiger partial charge in [0.05, 0.1) is 5.75 Å². The molecule has 0 radical (unpaired) electrons. The SMILES string of the molecule is CCCCC(C)n1ccc(=O)nc1SCC(=O)O. The lowest BCUT2D eigenvalue weighted by atomic mass is 10.1. The average molecular weight is 270 g/mol. The van der Waals surface area contributed by atoms with Gasteiger partial charge in [-0.3, -0.25) is 9.59 Å². The van der Waals surface area contributed by atoms with Gasteiger partial charge in [-0.1, -0.05) is 31.5 Å². The first-order valence-electron chi connectivity index (χ1n) is 5.98. The number of unbranched alkanes of at least 4 members (excludes halogenated alkanes) is 1. The molecule has 1 unspecified atom stereocenters. The molecule has 1 aromatic rings. The third-order valence-electron chi connectivity index (χ3n) is 2.58. The molecule has 0 saturated carbocycles. The zero-order valence-corrected chi connectivity index (χ0v) is 11.4. The number of nitrogens with zero attached hydrogens (tertiary/aromatic N) is 2. The van der Waals surface area contributed by atoms with Gasteiger partial charge in [0.1, 0.15) is 0 Å². The first kappa shape index (κ1) is 14.8. The van der Waals surface area contributed by atoms with Crippen molar-refractivity contribution in [2.45, 2.75) is 44.3 Å². The Morgan fingerprint density at radius 3 is 2.94 bits per heavy atom. The molecule has 100 valence electrons. The molecule has 0 aliphatic heterocycles. The summed E-state index contributed by atoms with van der Waals surface area (Å²) in [6, 6.07) is 1.63. The molecular formula is C12H18N2O3S. The molecule has 1 atom stereocenters. The Morgan fingerprint density at radius 1 is 1.61 bits per heavy atom. The number of thioether (sulfide) groups is 1. The number of rotatable bonds is 7. The summed E-state index contributed by atoms with van der Waals surface area (Å²) in [7, 11) is 0. The number of hydrogen-bond donors (Lipinski definition) is 1. The number of aromatic nitrogens is 2. The van der Waals surface area contributed by atoms with Gasteiger partial charge in [0.2, 0.25) is 0 Å². The highest BCUT2D eigenvalue weighted by Crippen LogP contribution is 2.21. The Hall–Kier alpha value is -1.30. The average Bonchev–Trinajstić information content (AvgIpc) is 2.33. The van der Waals surface area contributed by atoms with E-state index in [4.69, 9.17) is 5.11 Å². The summed E-state index contributed by atoms with van der Waals surface area (Å²) >= 11 is 1.08. The summed E-state index contributed by atoms with van der Waals surface area (Å²) in [4.78, 5) is 25.7. The van der Waals surface area contributed by atoms with Crippen molar-refractivity contribution in [1.82, 2.24) is 9.55 Å². The molecule has 18 heavy (non-hydrogen) atoms. The van der Waals surface area contributed by atoms with Gasteiger partial charge < -0.3 is 9.67 Å². The Bertz CT molecular complexity index is 459. The summed E-state index contributed by atoms with van der Waals surface area (Å²) in [6.07, 6.45) is 4.88. The molecule has 0 aliphatic rings. The van der Waals surface area contributed by atoms with Crippen LogP contribution in [-0.4, -0.2) is 26.4 Å². The van der Waals surface area contributed by atoms with Crippen LogP contribution in [0.15, 0.2) is 22.2 Å². The Balaban J connectivity index is 2.88. The predicted molar refractivity (Wildman–Crippen MR) is 71.1 cm³/mol. The zero-order chi connectivity index (χ0) is 13.5. The molecule has 1 N–H and O–H groups in total. The number of carboxylic acid groups (broad SMARTS) is 1. The van der Waals surface area contributed by atoms with Crippen LogP contribution in [0.1, 0.15) is 39.2 Å². The summed E-state index contributed by atoms with van der Waals surface area (Å²) in [5.41, 5.74) is -0.332. The molecule has 0 spiro atoms. The summed E-state index contributed by atoms with van der Waals surface area (Å²) < 4.78 is 1.88. The largest absolute Gasteiger partial charge is 0.481 e. The van der Waals surface area contributed by atoms with Crippen molar-refractivity contribution in [3.8, 4) is 0 Å². The summed E-state index contributed by atoms with van der Waals surface area (Å²) in [6.45, 7) is 4.17. The van der Waals surface area contributed by atoms with E-state index in [-0.39, 0.29) is 17.4 Å². The van der Waals surface area contributed by atoms with Crippen LogP contribution >= 0.6 is 11.8 Å². The smallest absolute Gasteiger partial charge is 0.313 e. The van der Waals surface area contributed by atoms with Gasteiger partial charge in [-0.15, -0.1) is 0 Å². The van der Waals surface area contributed by atoms with Gasteiger partial charge in [-0.05, 0) is 13.3 Å². The molecule has 0 fully saturated rings. The van der Waals surface area contributed by atoms with Gasteiger partial charge in [0.15, 0.2) is 5.16 Å². The van der Waals surface area contributed by atoms with Crippen LogP contribution in [0.5, 0.6) is 0 Å². The molecule has 1 rings (SSSR count). The van der Waals surface area contributed by atoms with Crippen molar-refractivity contribution in [3.05, 3.63) is 22.6 Å². The zero-order valence-electron chi connectivity index (χ0n) is 10.6. The van der Waals surface area contributed by atoms with Crippen molar-refractivity contribution in [1.29, 1.82) is 0 Å². The van der Waals surface area contributed by atoms with Gasteiger partial charge in [-0.2, -0.15) is 4.98 Å². The maximum atomic E-state index is 11.2. The first-order valence-corrected chi connectivity index (χ1v) is 6.97. The Labute approximate surface area is 110 Å². The van der Waals surface area contributed by atoms with E-state index in [1.54, 1.807) is 6.20 Å². The lowest BCUT2D eigenvalue weighted by molar-refractivity contribution is -0.133. The highest BCUT2D eigenvalue weighted by atomic mass is 32.2. The van der Waals surface area contributed by atoms with Gasteiger partial charge in [0, 0.05) is 18.3 Å². The fourth-order valence-electron chi connectivity index (χ4n) is 1.60. The van der Waals surface area contributed by atoms with Crippen molar-refractivity contribution in [2.24, 2.45) is 0 Å². The van der Waals surface area contributed by atoms with Crippen LogP contribution in [0.2, 0.25) is 0 Å². The van der Waals surface area contributed by atoms with E-state index in [0.29, 0.717) is 5.16 Å². The normalized spacial score (nSPS) is 12.3. The van der Waals surface area contributed by atoms with E-state index in [1.807, 2.05) is 11.5 Å².